The molecule has 2 aliphatic rings. The lowest BCUT2D eigenvalue weighted by molar-refractivity contribution is -0.150. The van der Waals surface area contributed by atoms with E-state index in [1.165, 1.54) is 4.90 Å². The number of carbonyl (C=O) groups is 2. The normalized spacial score (nSPS) is 22.7. The highest BCUT2D eigenvalue weighted by molar-refractivity contribution is 5.84. The van der Waals surface area contributed by atoms with Crippen LogP contribution < -0.4 is 4.74 Å². The van der Waals surface area contributed by atoms with Crippen LogP contribution in [0.25, 0.3) is 0 Å². The van der Waals surface area contributed by atoms with Gasteiger partial charge < -0.3 is 14.2 Å². The SMILES string of the molecule is CCOC(=O)C1c2ccc(OCC3CN3CC(C)C)cc2CCN1C(=O)OC(C)(C)C. The van der Waals surface area contributed by atoms with Crippen molar-refractivity contribution in [3.63, 3.8) is 0 Å². The van der Waals surface area contributed by atoms with Crippen molar-refractivity contribution in [2.75, 3.05) is 32.8 Å². The molecule has 1 saturated heterocycles. The maximum absolute atomic E-state index is 12.8. The van der Waals surface area contributed by atoms with E-state index in [0.29, 0.717) is 31.5 Å². The van der Waals surface area contributed by atoms with Gasteiger partial charge in [0.2, 0.25) is 0 Å². The minimum absolute atomic E-state index is 0.252. The molecule has 3 atom stereocenters. The van der Waals surface area contributed by atoms with Gasteiger partial charge in [0, 0.05) is 19.6 Å². The molecule has 2 heterocycles. The summed E-state index contributed by atoms with van der Waals surface area (Å²) in [5, 5.41) is 0. The summed E-state index contributed by atoms with van der Waals surface area (Å²) in [5.74, 6) is 1.01. The zero-order valence-corrected chi connectivity index (χ0v) is 19.6. The van der Waals surface area contributed by atoms with Gasteiger partial charge in [0.1, 0.15) is 18.0 Å². The molecule has 31 heavy (non-hydrogen) atoms. The van der Waals surface area contributed by atoms with Gasteiger partial charge >= 0.3 is 12.1 Å². The van der Waals surface area contributed by atoms with E-state index in [0.717, 1.165) is 30.0 Å². The molecule has 7 heteroatoms. The molecule has 0 aromatic heterocycles. The lowest BCUT2D eigenvalue weighted by Crippen LogP contribution is -2.46. The van der Waals surface area contributed by atoms with Gasteiger partial charge in [-0.25, -0.2) is 9.59 Å². The number of amides is 1. The monoisotopic (exact) mass is 432 g/mol. The van der Waals surface area contributed by atoms with Crippen molar-refractivity contribution in [3.05, 3.63) is 29.3 Å². The molecule has 0 saturated carbocycles. The van der Waals surface area contributed by atoms with Gasteiger partial charge in [-0.1, -0.05) is 19.9 Å². The smallest absolute Gasteiger partial charge is 0.411 e. The van der Waals surface area contributed by atoms with Crippen LogP contribution in [0.4, 0.5) is 4.79 Å². The summed E-state index contributed by atoms with van der Waals surface area (Å²) in [5.41, 5.74) is 1.14. The number of ether oxygens (including phenoxy) is 3. The second-order valence-corrected chi connectivity index (χ2v) is 9.75. The summed E-state index contributed by atoms with van der Waals surface area (Å²) < 4.78 is 16.8. The van der Waals surface area contributed by atoms with E-state index in [2.05, 4.69) is 18.7 Å². The summed E-state index contributed by atoms with van der Waals surface area (Å²) in [7, 11) is 0. The van der Waals surface area contributed by atoms with Crippen molar-refractivity contribution in [2.45, 2.75) is 65.6 Å². The number of hydrogen-bond donors (Lipinski definition) is 0. The van der Waals surface area contributed by atoms with Crippen LogP contribution in [0, 0.1) is 5.92 Å². The summed E-state index contributed by atoms with van der Waals surface area (Å²) in [4.78, 5) is 29.4. The highest BCUT2D eigenvalue weighted by Crippen LogP contribution is 2.34. The Kier molecular flexibility index (Phi) is 7.14. The van der Waals surface area contributed by atoms with E-state index < -0.39 is 23.7 Å². The Labute approximate surface area is 185 Å². The number of esters is 1. The third kappa shape index (κ3) is 6.12. The molecule has 3 unspecified atom stereocenters. The Morgan fingerprint density at radius 1 is 1.23 bits per heavy atom. The second-order valence-electron chi connectivity index (χ2n) is 9.75. The van der Waals surface area contributed by atoms with Crippen LogP contribution in [-0.2, 0) is 20.7 Å². The first kappa shape index (κ1) is 23.4. The average Bonchev–Trinajstić information content (AvgIpc) is 3.40. The minimum atomic E-state index is -0.808. The Balaban J connectivity index is 1.73. The Morgan fingerprint density at radius 3 is 2.61 bits per heavy atom. The predicted octanol–water partition coefficient (Wildman–Crippen LogP) is 3.80. The van der Waals surface area contributed by atoms with Gasteiger partial charge in [0.15, 0.2) is 6.04 Å². The van der Waals surface area contributed by atoms with Gasteiger partial charge in [-0.3, -0.25) is 9.80 Å². The fourth-order valence-electron chi connectivity index (χ4n) is 3.95. The van der Waals surface area contributed by atoms with Crippen LogP contribution in [0.1, 0.15) is 58.7 Å². The molecule has 7 nitrogen and oxygen atoms in total. The Morgan fingerprint density at radius 2 is 1.97 bits per heavy atom. The van der Waals surface area contributed by atoms with Crippen LogP contribution in [0.15, 0.2) is 18.2 Å². The number of carbonyl (C=O) groups excluding carboxylic acids is 2. The van der Waals surface area contributed by atoms with Crippen molar-refractivity contribution in [2.24, 2.45) is 5.92 Å². The van der Waals surface area contributed by atoms with Crippen molar-refractivity contribution in [1.82, 2.24) is 9.80 Å². The molecule has 172 valence electrons. The standard InChI is InChI=1S/C24H36N2O5/c1-7-29-22(27)21-20-9-8-19(30-15-18-14-25(18)13-16(2)3)12-17(20)10-11-26(21)23(28)31-24(4,5)6/h8-9,12,16,18,21H,7,10-11,13-15H2,1-6H3. The molecule has 2 aliphatic heterocycles. The van der Waals surface area contributed by atoms with Crippen molar-refractivity contribution < 1.29 is 23.8 Å². The van der Waals surface area contributed by atoms with Crippen LogP contribution in [0.5, 0.6) is 5.75 Å². The first-order valence-electron chi connectivity index (χ1n) is 11.2. The number of fused-ring (bicyclic) bond motifs is 1. The topological polar surface area (TPSA) is 68.1 Å². The number of benzene rings is 1. The molecular weight excluding hydrogens is 396 g/mol. The van der Waals surface area contributed by atoms with E-state index in [-0.39, 0.29) is 6.61 Å². The van der Waals surface area contributed by atoms with Crippen molar-refractivity contribution in [1.29, 1.82) is 0 Å². The lowest BCUT2D eigenvalue weighted by Gasteiger charge is -2.36. The molecule has 1 aromatic carbocycles. The molecule has 1 aromatic rings. The molecule has 0 radical (unpaired) electrons. The minimum Gasteiger partial charge on any atom is -0.492 e. The molecule has 0 bridgehead atoms. The largest absolute Gasteiger partial charge is 0.492 e. The number of rotatable bonds is 7. The highest BCUT2D eigenvalue weighted by atomic mass is 16.6. The molecule has 0 spiro atoms. The van der Waals surface area contributed by atoms with Gasteiger partial charge in [0.05, 0.1) is 12.6 Å². The molecule has 1 fully saturated rings. The Bertz CT molecular complexity index is 802. The van der Waals surface area contributed by atoms with Gasteiger partial charge in [-0.15, -0.1) is 0 Å². The first-order chi connectivity index (χ1) is 14.6. The number of hydrogen-bond acceptors (Lipinski definition) is 6. The molecule has 1 amide bonds. The maximum atomic E-state index is 12.8. The van der Waals surface area contributed by atoms with Gasteiger partial charge in [0.25, 0.3) is 0 Å². The van der Waals surface area contributed by atoms with E-state index in [4.69, 9.17) is 14.2 Å². The van der Waals surface area contributed by atoms with Crippen LogP contribution >= 0.6 is 0 Å². The third-order valence-electron chi connectivity index (χ3n) is 5.35. The molecule has 0 aliphatic carbocycles. The summed E-state index contributed by atoms with van der Waals surface area (Å²) >= 11 is 0. The predicted molar refractivity (Wildman–Crippen MR) is 118 cm³/mol. The first-order valence-corrected chi connectivity index (χ1v) is 11.2. The third-order valence-corrected chi connectivity index (χ3v) is 5.35. The summed E-state index contributed by atoms with van der Waals surface area (Å²) in [6, 6.07) is 5.41. The zero-order chi connectivity index (χ0) is 22.8. The maximum Gasteiger partial charge on any atom is 0.411 e. The van der Waals surface area contributed by atoms with Crippen molar-refractivity contribution >= 4 is 12.1 Å². The van der Waals surface area contributed by atoms with E-state index in [1.807, 2.05) is 39.0 Å². The lowest BCUT2D eigenvalue weighted by atomic mass is 9.92. The van der Waals surface area contributed by atoms with E-state index in [1.54, 1.807) is 6.92 Å². The van der Waals surface area contributed by atoms with Gasteiger partial charge in [-0.05, 0) is 63.3 Å². The molecule has 0 N–H and O–H groups in total. The second kappa shape index (κ2) is 9.47. The summed E-state index contributed by atoms with van der Waals surface area (Å²) in [6.45, 7) is 15.1. The van der Waals surface area contributed by atoms with Crippen LogP contribution in [-0.4, -0.2) is 66.4 Å². The van der Waals surface area contributed by atoms with Crippen LogP contribution in [0.3, 0.4) is 0 Å². The van der Waals surface area contributed by atoms with Gasteiger partial charge in [-0.2, -0.15) is 0 Å². The fourth-order valence-corrected chi connectivity index (χ4v) is 3.95. The van der Waals surface area contributed by atoms with Crippen LogP contribution in [0.2, 0.25) is 0 Å². The highest BCUT2D eigenvalue weighted by Gasteiger charge is 2.39. The van der Waals surface area contributed by atoms with Crippen molar-refractivity contribution in [3.8, 4) is 5.75 Å². The zero-order valence-electron chi connectivity index (χ0n) is 19.6. The number of nitrogens with zero attached hydrogens (tertiary/aromatic N) is 2. The van der Waals surface area contributed by atoms with E-state index >= 15 is 0 Å². The summed E-state index contributed by atoms with van der Waals surface area (Å²) in [6.07, 6.45) is 0.125. The quantitative estimate of drug-likeness (QED) is 0.482. The Hall–Kier alpha value is -2.28. The molecular formula is C24H36N2O5. The fraction of sp³-hybridized carbons (Fsp3) is 0.667. The molecule has 3 rings (SSSR count). The van der Waals surface area contributed by atoms with E-state index in [9.17, 15) is 9.59 Å². The average molecular weight is 433 g/mol.